The normalized spacial score (nSPS) is 11.9. The molecule has 0 fully saturated rings. The third-order valence-electron chi connectivity index (χ3n) is 5.19. The van der Waals surface area contributed by atoms with E-state index in [1.165, 1.54) is 60.2 Å². The fraction of sp³-hybridized carbons (Fsp3) is 0.684. The topological polar surface area (TPSA) is 12.0 Å². The zero-order valence-corrected chi connectivity index (χ0v) is 14.8. The van der Waals surface area contributed by atoms with Crippen molar-refractivity contribution in [2.75, 3.05) is 32.7 Å². The van der Waals surface area contributed by atoms with Crippen LogP contribution < -0.4 is 5.32 Å². The number of rotatable bonds is 10. The first-order chi connectivity index (χ1) is 10.1. The summed E-state index contributed by atoms with van der Waals surface area (Å²) < 4.78 is 1.27. The van der Waals surface area contributed by atoms with Gasteiger partial charge in [-0.2, -0.15) is 0 Å². The second-order valence-corrected chi connectivity index (χ2v) is 6.27. The molecule has 1 aromatic carbocycles. The molecule has 0 unspecified atom stereocenters. The van der Waals surface area contributed by atoms with Gasteiger partial charge in [0.05, 0.1) is 26.2 Å². The molecule has 0 heterocycles. The minimum atomic E-state index is 1.01. The van der Waals surface area contributed by atoms with E-state index in [9.17, 15) is 0 Å². The Labute approximate surface area is 132 Å². The van der Waals surface area contributed by atoms with Crippen molar-refractivity contribution in [3.8, 4) is 0 Å². The molecule has 2 nitrogen and oxygen atoms in total. The summed E-state index contributed by atoms with van der Waals surface area (Å²) in [4.78, 5) is 0. The first-order valence-electron chi connectivity index (χ1n) is 8.69. The minimum Gasteiger partial charge on any atom is -0.324 e. The van der Waals surface area contributed by atoms with Crippen molar-refractivity contribution >= 4 is 0 Å². The quantitative estimate of drug-likeness (QED) is 0.506. The first kappa shape index (κ1) is 18.2. The number of nitrogens with zero attached hydrogens (tertiary/aromatic N) is 1. The summed E-state index contributed by atoms with van der Waals surface area (Å²) in [6.07, 6.45) is 2.61. The maximum atomic E-state index is 3.62. The Bertz CT molecular complexity index is 380. The molecule has 0 saturated carbocycles. The predicted molar refractivity (Wildman–Crippen MR) is 93.6 cm³/mol. The van der Waals surface area contributed by atoms with Crippen LogP contribution in [0.4, 0.5) is 0 Å². The molecular weight excluding hydrogens is 256 g/mol. The Morgan fingerprint density at radius 3 is 2.00 bits per heavy atom. The van der Waals surface area contributed by atoms with Crippen LogP contribution in [0.2, 0.25) is 0 Å². The lowest BCUT2D eigenvalue weighted by Crippen LogP contribution is -2.48. The summed E-state index contributed by atoms with van der Waals surface area (Å²) in [5, 5.41) is 3.62. The average molecular weight is 292 g/mol. The van der Waals surface area contributed by atoms with Gasteiger partial charge in [-0.25, -0.2) is 0 Å². The molecule has 0 aliphatic carbocycles. The van der Waals surface area contributed by atoms with Crippen molar-refractivity contribution in [1.82, 2.24) is 5.32 Å². The van der Waals surface area contributed by atoms with E-state index in [0.29, 0.717) is 0 Å². The molecule has 0 spiro atoms. The monoisotopic (exact) mass is 291 g/mol. The molecule has 1 N–H and O–H groups in total. The highest BCUT2D eigenvalue weighted by atomic mass is 15.3. The molecule has 0 saturated heterocycles. The van der Waals surface area contributed by atoms with Crippen molar-refractivity contribution in [2.24, 2.45) is 0 Å². The summed E-state index contributed by atoms with van der Waals surface area (Å²) >= 11 is 0. The lowest BCUT2D eigenvalue weighted by molar-refractivity contribution is -0.923. The van der Waals surface area contributed by atoms with E-state index >= 15 is 0 Å². The van der Waals surface area contributed by atoms with E-state index in [2.05, 4.69) is 58.1 Å². The lowest BCUT2D eigenvalue weighted by Gasteiger charge is -2.35. The van der Waals surface area contributed by atoms with Crippen LogP contribution in [0.3, 0.4) is 0 Å². The summed E-state index contributed by atoms with van der Waals surface area (Å²) in [6, 6.07) is 6.56. The molecule has 21 heavy (non-hydrogen) atoms. The van der Waals surface area contributed by atoms with Gasteiger partial charge in [0, 0.05) is 6.54 Å². The molecule has 0 amide bonds. The lowest BCUT2D eigenvalue weighted by atomic mass is 10.0. The van der Waals surface area contributed by atoms with Crippen LogP contribution in [-0.2, 0) is 6.54 Å². The number of aryl methyl sites for hydroxylation is 2. The average Bonchev–Trinajstić information content (AvgIpc) is 2.50. The second-order valence-electron chi connectivity index (χ2n) is 6.27. The Kier molecular flexibility index (Phi) is 7.98. The SMILES string of the molecule is CC[N+](CC)(CC)CCCCNCc1c(C)cccc1C. The van der Waals surface area contributed by atoms with E-state index in [-0.39, 0.29) is 0 Å². The van der Waals surface area contributed by atoms with Crippen molar-refractivity contribution in [3.05, 3.63) is 34.9 Å². The van der Waals surface area contributed by atoms with Crippen molar-refractivity contribution in [2.45, 2.75) is 54.0 Å². The summed E-state index contributed by atoms with van der Waals surface area (Å²) in [6.45, 7) is 18.7. The van der Waals surface area contributed by atoms with Crippen molar-refractivity contribution < 1.29 is 4.48 Å². The van der Waals surface area contributed by atoms with E-state index in [4.69, 9.17) is 0 Å². The number of nitrogens with one attached hydrogen (secondary N) is 1. The Morgan fingerprint density at radius 1 is 0.905 bits per heavy atom. The molecule has 0 radical (unpaired) electrons. The summed E-state index contributed by atoms with van der Waals surface area (Å²) in [5.74, 6) is 0. The van der Waals surface area contributed by atoms with Gasteiger partial charge in [-0.05, 0) is 70.7 Å². The third kappa shape index (κ3) is 5.44. The molecule has 1 aromatic rings. The zero-order chi connectivity index (χ0) is 15.7. The highest BCUT2D eigenvalue weighted by Gasteiger charge is 2.19. The molecule has 120 valence electrons. The van der Waals surface area contributed by atoms with Gasteiger partial charge in [-0.15, -0.1) is 0 Å². The van der Waals surface area contributed by atoms with Gasteiger partial charge < -0.3 is 9.80 Å². The molecule has 0 aliphatic rings. The van der Waals surface area contributed by atoms with Crippen LogP contribution in [0.1, 0.15) is 50.3 Å². The number of benzene rings is 1. The molecular formula is C19H35N2+. The van der Waals surface area contributed by atoms with Crippen LogP contribution in [0.5, 0.6) is 0 Å². The van der Waals surface area contributed by atoms with Crippen molar-refractivity contribution in [3.63, 3.8) is 0 Å². The maximum absolute atomic E-state index is 3.62. The smallest absolute Gasteiger partial charge is 0.0786 e. The Hall–Kier alpha value is -0.860. The number of hydrogen-bond donors (Lipinski definition) is 1. The van der Waals surface area contributed by atoms with Gasteiger partial charge in [0.15, 0.2) is 0 Å². The van der Waals surface area contributed by atoms with E-state index in [0.717, 1.165) is 13.1 Å². The molecule has 0 bridgehead atoms. The number of hydrogen-bond acceptors (Lipinski definition) is 1. The van der Waals surface area contributed by atoms with Gasteiger partial charge >= 0.3 is 0 Å². The first-order valence-corrected chi connectivity index (χ1v) is 8.69. The molecule has 2 heteroatoms. The molecule has 0 aliphatic heterocycles. The fourth-order valence-electron chi connectivity index (χ4n) is 3.18. The second kappa shape index (κ2) is 9.22. The zero-order valence-electron chi connectivity index (χ0n) is 14.8. The van der Waals surface area contributed by atoms with E-state index < -0.39 is 0 Å². The Morgan fingerprint density at radius 2 is 1.48 bits per heavy atom. The van der Waals surface area contributed by atoms with Crippen LogP contribution in [0.15, 0.2) is 18.2 Å². The summed E-state index contributed by atoms with van der Waals surface area (Å²) in [7, 11) is 0. The highest BCUT2D eigenvalue weighted by molar-refractivity contribution is 5.33. The van der Waals surface area contributed by atoms with Gasteiger partial charge in [0.2, 0.25) is 0 Å². The number of quaternary nitrogens is 1. The third-order valence-corrected chi connectivity index (χ3v) is 5.19. The van der Waals surface area contributed by atoms with Gasteiger partial charge in [-0.3, -0.25) is 0 Å². The van der Waals surface area contributed by atoms with Gasteiger partial charge in [0.1, 0.15) is 0 Å². The molecule has 0 atom stereocenters. The predicted octanol–water partition coefficient (Wildman–Crippen LogP) is 4.05. The molecule has 0 aromatic heterocycles. The van der Waals surface area contributed by atoms with E-state index in [1.807, 2.05) is 0 Å². The van der Waals surface area contributed by atoms with Gasteiger partial charge in [0.25, 0.3) is 0 Å². The largest absolute Gasteiger partial charge is 0.324 e. The fourth-order valence-corrected chi connectivity index (χ4v) is 3.18. The van der Waals surface area contributed by atoms with E-state index in [1.54, 1.807) is 0 Å². The number of unbranched alkanes of at least 4 members (excludes halogenated alkanes) is 1. The van der Waals surface area contributed by atoms with Crippen LogP contribution in [0.25, 0.3) is 0 Å². The van der Waals surface area contributed by atoms with Crippen LogP contribution in [-0.4, -0.2) is 37.2 Å². The molecule has 1 rings (SSSR count). The highest BCUT2D eigenvalue weighted by Crippen LogP contribution is 2.13. The Balaban J connectivity index is 2.26. The maximum Gasteiger partial charge on any atom is 0.0786 e. The van der Waals surface area contributed by atoms with Crippen LogP contribution >= 0.6 is 0 Å². The van der Waals surface area contributed by atoms with Crippen LogP contribution in [0, 0.1) is 13.8 Å². The van der Waals surface area contributed by atoms with Crippen molar-refractivity contribution in [1.29, 1.82) is 0 Å². The standard InChI is InChI=1S/C19H35N2/c1-6-21(7-2,8-3)15-10-9-14-20-16-19-17(4)12-11-13-18(19)5/h11-13,20H,6-10,14-16H2,1-5H3/q+1. The van der Waals surface area contributed by atoms with Gasteiger partial charge in [-0.1, -0.05) is 18.2 Å². The summed E-state index contributed by atoms with van der Waals surface area (Å²) in [5.41, 5.74) is 4.28. The minimum absolute atomic E-state index is 1.01.